The van der Waals surface area contributed by atoms with E-state index in [1.807, 2.05) is 45.9 Å². The number of hydrogen-bond donors (Lipinski definition) is 7. The van der Waals surface area contributed by atoms with Crippen LogP contribution in [-0.2, 0) is 11.2 Å². The number of nitrogens with zero attached hydrogens (tertiary/aromatic N) is 1. The molecule has 0 unspecified atom stereocenters. The standard InChI is InChI=1S/C28H44N2O9/c1-16(2)22-20(26(30-29-22)39-27-25(36)24(35)23(34)21(13-31)38-27)12-18-7-8-19(11-17(18)3)37-10-6-5-9-28(4,14-32)15-33/h7-8,11,16,21,23-25,27,31-36H,5-6,9-10,12-15H2,1-4H3,(H,29,30)/t21-,23-,24+,25-,27+/m1/s1. The van der Waals surface area contributed by atoms with Gasteiger partial charge in [0.2, 0.25) is 12.2 Å². The molecule has 3 rings (SSSR count). The fourth-order valence-corrected chi connectivity index (χ4v) is 4.58. The third kappa shape index (κ3) is 7.69. The van der Waals surface area contributed by atoms with Gasteiger partial charge in [-0.2, -0.15) is 0 Å². The minimum Gasteiger partial charge on any atom is -0.494 e. The smallest absolute Gasteiger partial charge is 0.238 e. The summed E-state index contributed by atoms with van der Waals surface area (Å²) in [6, 6.07) is 5.85. The van der Waals surface area contributed by atoms with Gasteiger partial charge in [-0.3, -0.25) is 5.10 Å². The van der Waals surface area contributed by atoms with Gasteiger partial charge in [0.05, 0.1) is 26.4 Å². The predicted molar refractivity (Wildman–Crippen MR) is 143 cm³/mol. The van der Waals surface area contributed by atoms with E-state index in [0.29, 0.717) is 13.0 Å². The summed E-state index contributed by atoms with van der Waals surface area (Å²) in [5, 5.41) is 66.2. The van der Waals surface area contributed by atoms with Gasteiger partial charge in [-0.05, 0) is 55.4 Å². The van der Waals surface area contributed by atoms with Crippen molar-refractivity contribution in [1.29, 1.82) is 0 Å². The van der Waals surface area contributed by atoms with Gasteiger partial charge in [0, 0.05) is 23.1 Å². The largest absolute Gasteiger partial charge is 0.494 e. The molecule has 1 saturated heterocycles. The van der Waals surface area contributed by atoms with Crippen molar-refractivity contribution in [2.75, 3.05) is 26.4 Å². The molecule has 1 aromatic carbocycles. The zero-order chi connectivity index (χ0) is 28.7. The summed E-state index contributed by atoms with van der Waals surface area (Å²) in [7, 11) is 0. The molecule has 0 radical (unpaired) electrons. The van der Waals surface area contributed by atoms with Crippen LogP contribution in [0.25, 0.3) is 0 Å². The molecular formula is C28H44N2O9. The van der Waals surface area contributed by atoms with Gasteiger partial charge >= 0.3 is 0 Å². The van der Waals surface area contributed by atoms with E-state index < -0.39 is 42.7 Å². The van der Waals surface area contributed by atoms with Crippen LogP contribution in [0.2, 0.25) is 0 Å². The quantitative estimate of drug-likeness (QED) is 0.168. The highest BCUT2D eigenvalue weighted by molar-refractivity contribution is 5.42. The number of aryl methyl sites for hydroxylation is 1. The van der Waals surface area contributed by atoms with Gasteiger partial charge in [0.25, 0.3) is 0 Å². The summed E-state index contributed by atoms with van der Waals surface area (Å²) in [5.74, 6) is 1.05. The van der Waals surface area contributed by atoms with Gasteiger partial charge in [0.15, 0.2) is 0 Å². The molecular weight excluding hydrogens is 508 g/mol. The molecule has 0 saturated carbocycles. The van der Waals surface area contributed by atoms with Gasteiger partial charge in [-0.1, -0.05) is 26.8 Å². The summed E-state index contributed by atoms with van der Waals surface area (Å²) in [6.45, 7) is 7.77. The summed E-state index contributed by atoms with van der Waals surface area (Å²) in [5.41, 5.74) is 3.19. The first-order valence-corrected chi connectivity index (χ1v) is 13.5. The van der Waals surface area contributed by atoms with Crippen molar-refractivity contribution in [2.24, 2.45) is 5.41 Å². The Balaban J connectivity index is 1.68. The van der Waals surface area contributed by atoms with Crippen molar-refractivity contribution in [1.82, 2.24) is 10.2 Å². The van der Waals surface area contributed by atoms with Crippen LogP contribution in [0.4, 0.5) is 0 Å². The SMILES string of the molecule is Cc1cc(OCCCCC(C)(CO)CO)ccc1Cc1c(O[C@@H]2O[C@H](CO)[C@@H](O)[C@H](O)[C@H]2O)n[nH]c1C(C)C. The number of H-pyrrole nitrogens is 1. The highest BCUT2D eigenvalue weighted by Crippen LogP contribution is 2.32. The molecule has 2 heterocycles. The van der Waals surface area contributed by atoms with E-state index in [4.69, 9.17) is 14.2 Å². The lowest BCUT2D eigenvalue weighted by atomic mass is 9.87. The minimum atomic E-state index is -1.54. The molecule has 7 N–H and O–H groups in total. The number of aromatic amines is 1. The van der Waals surface area contributed by atoms with Crippen LogP contribution in [-0.4, -0.2) is 98.0 Å². The first-order valence-electron chi connectivity index (χ1n) is 13.5. The van der Waals surface area contributed by atoms with Crippen LogP contribution in [0.5, 0.6) is 11.6 Å². The molecule has 2 aromatic rings. The third-order valence-corrected chi connectivity index (χ3v) is 7.40. The maximum atomic E-state index is 10.4. The molecule has 1 fully saturated rings. The first-order chi connectivity index (χ1) is 18.5. The van der Waals surface area contributed by atoms with Crippen LogP contribution in [0.1, 0.15) is 68.3 Å². The number of aliphatic hydroxyl groups excluding tert-OH is 6. The molecule has 1 aliphatic rings. The zero-order valence-electron chi connectivity index (χ0n) is 23.2. The maximum Gasteiger partial charge on any atom is 0.238 e. The van der Waals surface area contributed by atoms with Crippen molar-refractivity contribution >= 4 is 0 Å². The zero-order valence-corrected chi connectivity index (χ0v) is 23.2. The molecule has 5 atom stereocenters. The molecule has 220 valence electrons. The Bertz CT molecular complexity index is 1040. The fraction of sp³-hybridized carbons (Fsp3) is 0.679. The van der Waals surface area contributed by atoms with Gasteiger partial charge in [0.1, 0.15) is 30.2 Å². The number of benzene rings is 1. The molecule has 39 heavy (non-hydrogen) atoms. The number of unbranched alkanes of at least 4 members (excludes halogenated alkanes) is 1. The lowest BCUT2D eigenvalue weighted by molar-refractivity contribution is -0.278. The predicted octanol–water partition coefficient (Wildman–Crippen LogP) is 1.15. The highest BCUT2D eigenvalue weighted by Gasteiger charge is 2.45. The Morgan fingerprint density at radius 1 is 1.05 bits per heavy atom. The van der Waals surface area contributed by atoms with Gasteiger partial charge in [-0.15, -0.1) is 5.10 Å². The third-order valence-electron chi connectivity index (χ3n) is 7.40. The number of rotatable bonds is 14. The molecule has 0 amide bonds. The molecule has 0 bridgehead atoms. The topological polar surface area (TPSA) is 178 Å². The van der Waals surface area contributed by atoms with Crippen LogP contribution in [0, 0.1) is 12.3 Å². The van der Waals surface area contributed by atoms with E-state index in [0.717, 1.165) is 47.4 Å². The van der Waals surface area contributed by atoms with Crippen molar-refractivity contribution in [3.63, 3.8) is 0 Å². The second-order valence-corrected chi connectivity index (χ2v) is 11.1. The van der Waals surface area contributed by atoms with Crippen molar-refractivity contribution in [2.45, 2.75) is 90.0 Å². The van der Waals surface area contributed by atoms with Crippen LogP contribution < -0.4 is 9.47 Å². The molecule has 11 nitrogen and oxygen atoms in total. The summed E-state index contributed by atoms with van der Waals surface area (Å²) >= 11 is 0. The van der Waals surface area contributed by atoms with Crippen LogP contribution in [0.3, 0.4) is 0 Å². The van der Waals surface area contributed by atoms with Gasteiger partial charge < -0.3 is 44.8 Å². The maximum absolute atomic E-state index is 10.4. The number of aliphatic hydroxyl groups is 6. The van der Waals surface area contributed by atoms with Gasteiger partial charge in [-0.25, -0.2) is 0 Å². The molecule has 0 spiro atoms. The second kappa shape index (κ2) is 13.9. The van der Waals surface area contributed by atoms with Crippen LogP contribution in [0.15, 0.2) is 18.2 Å². The Morgan fingerprint density at radius 3 is 2.38 bits per heavy atom. The number of nitrogens with one attached hydrogen (secondary N) is 1. The summed E-state index contributed by atoms with van der Waals surface area (Å²) in [6.07, 6.45) is -4.12. The Hall–Kier alpha value is -2.25. The van der Waals surface area contributed by atoms with E-state index >= 15 is 0 Å². The monoisotopic (exact) mass is 552 g/mol. The number of hydrogen-bond acceptors (Lipinski definition) is 10. The van der Waals surface area contributed by atoms with Crippen LogP contribution >= 0.6 is 0 Å². The van der Waals surface area contributed by atoms with Crippen molar-refractivity contribution in [3.05, 3.63) is 40.6 Å². The fourth-order valence-electron chi connectivity index (χ4n) is 4.58. The second-order valence-electron chi connectivity index (χ2n) is 11.1. The van der Waals surface area contributed by atoms with E-state index in [1.165, 1.54) is 0 Å². The normalized spacial score (nSPS) is 23.8. The van der Waals surface area contributed by atoms with E-state index in [-0.39, 0.29) is 25.0 Å². The molecule has 11 heteroatoms. The van der Waals surface area contributed by atoms with E-state index in [9.17, 15) is 30.6 Å². The average Bonchev–Trinajstić information content (AvgIpc) is 3.32. The van der Waals surface area contributed by atoms with E-state index in [2.05, 4.69) is 10.2 Å². The summed E-state index contributed by atoms with van der Waals surface area (Å²) < 4.78 is 17.3. The summed E-state index contributed by atoms with van der Waals surface area (Å²) in [4.78, 5) is 0. The van der Waals surface area contributed by atoms with E-state index in [1.54, 1.807) is 0 Å². The molecule has 1 aliphatic heterocycles. The first kappa shape index (κ1) is 31.3. The van der Waals surface area contributed by atoms with Crippen molar-refractivity contribution in [3.8, 4) is 11.6 Å². The highest BCUT2D eigenvalue weighted by atomic mass is 16.7. The lowest BCUT2D eigenvalue weighted by Gasteiger charge is -2.39. The van der Waals surface area contributed by atoms with Crippen molar-refractivity contribution < 1.29 is 44.8 Å². The average molecular weight is 553 g/mol. The molecule has 0 aliphatic carbocycles. The Labute approximate surface area is 229 Å². The Kier molecular flexibility index (Phi) is 11.1. The number of ether oxygens (including phenoxy) is 3. The number of aromatic nitrogens is 2. The Morgan fingerprint density at radius 2 is 1.77 bits per heavy atom. The minimum absolute atomic E-state index is 0.0462. The molecule has 1 aromatic heterocycles. The lowest BCUT2D eigenvalue weighted by Crippen LogP contribution is -2.60.